The smallest absolute Gasteiger partial charge is 0.265 e. The third kappa shape index (κ3) is 4.81. The minimum atomic E-state index is -0.118. The van der Waals surface area contributed by atoms with Gasteiger partial charge in [-0.2, -0.15) is 0 Å². The van der Waals surface area contributed by atoms with E-state index < -0.39 is 0 Å². The number of benzene rings is 2. The molecule has 0 bridgehead atoms. The van der Waals surface area contributed by atoms with E-state index in [0.717, 1.165) is 21.7 Å². The van der Waals surface area contributed by atoms with Crippen LogP contribution in [0, 0.1) is 6.92 Å². The van der Waals surface area contributed by atoms with Crippen LogP contribution < -0.4 is 5.32 Å². The van der Waals surface area contributed by atoms with Gasteiger partial charge < -0.3 is 5.32 Å². The highest BCUT2D eigenvalue weighted by Gasteiger charge is 2.09. The number of anilines is 1. The number of aryl methyl sites for hydroxylation is 1. The van der Waals surface area contributed by atoms with Crippen molar-refractivity contribution in [3.8, 4) is 0 Å². The second kappa shape index (κ2) is 8.14. The number of nitrogens with one attached hydrogen (secondary N) is 1. The third-order valence-electron chi connectivity index (χ3n) is 3.58. The van der Waals surface area contributed by atoms with Crippen molar-refractivity contribution in [3.63, 3.8) is 0 Å². The third-order valence-corrected chi connectivity index (χ3v) is 5.44. The predicted octanol–water partition coefficient (Wildman–Crippen LogP) is 5.28. The van der Waals surface area contributed by atoms with E-state index in [9.17, 15) is 9.59 Å². The summed E-state index contributed by atoms with van der Waals surface area (Å²) >= 11 is 2.87. The average Bonchev–Trinajstić information content (AvgIpc) is 3.15. The molecule has 1 heterocycles. The van der Waals surface area contributed by atoms with Gasteiger partial charge in [-0.3, -0.25) is 9.59 Å². The molecule has 2 aromatic carbocycles. The van der Waals surface area contributed by atoms with Crippen LogP contribution in [0.5, 0.6) is 0 Å². The molecule has 0 aliphatic carbocycles. The maximum Gasteiger partial charge on any atom is 0.265 e. The molecular formula is C20H17NO2S2. The van der Waals surface area contributed by atoms with Gasteiger partial charge in [0.25, 0.3) is 5.91 Å². The molecule has 3 rings (SSSR count). The molecule has 0 radical (unpaired) electrons. The highest BCUT2D eigenvalue weighted by molar-refractivity contribution is 8.00. The topological polar surface area (TPSA) is 46.2 Å². The Morgan fingerprint density at radius 3 is 2.56 bits per heavy atom. The highest BCUT2D eigenvalue weighted by atomic mass is 32.2. The van der Waals surface area contributed by atoms with E-state index in [4.69, 9.17) is 0 Å². The molecule has 0 spiro atoms. The number of hydrogen-bond acceptors (Lipinski definition) is 4. The Bertz CT molecular complexity index is 871. The van der Waals surface area contributed by atoms with E-state index >= 15 is 0 Å². The van der Waals surface area contributed by atoms with Gasteiger partial charge in [0.2, 0.25) is 0 Å². The summed E-state index contributed by atoms with van der Waals surface area (Å²) in [5.74, 6) is 0.344. The van der Waals surface area contributed by atoms with Crippen molar-refractivity contribution in [2.75, 3.05) is 11.1 Å². The molecule has 3 aromatic rings. The predicted molar refractivity (Wildman–Crippen MR) is 105 cm³/mol. The fraction of sp³-hybridized carbons (Fsp3) is 0.100. The van der Waals surface area contributed by atoms with Crippen LogP contribution >= 0.6 is 23.1 Å². The van der Waals surface area contributed by atoms with E-state index in [1.807, 2.05) is 66.9 Å². The number of Topliss-reactive ketones (excluding diaryl/α,β-unsaturated/α-hetero) is 1. The summed E-state index contributed by atoms with van der Waals surface area (Å²) < 4.78 is 0. The molecule has 1 amide bonds. The van der Waals surface area contributed by atoms with Crippen molar-refractivity contribution in [2.24, 2.45) is 0 Å². The Balaban J connectivity index is 1.60. The monoisotopic (exact) mass is 367 g/mol. The van der Waals surface area contributed by atoms with Crippen LogP contribution in [0.25, 0.3) is 0 Å². The Morgan fingerprint density at radius 2 is 1.84 bits per heavy atom. The van der Waals surface area contributed by atoms with Crippen molar-refractivity contribution in [1.29, 1.82) is 0 Å². The van der Waals surface area contributed by atoms with Gasteiger partial charge in [-0.25, -0.2) is 0 Å². The summed E-state index contributed by atoms with van der Waals surface area (Å²) in [5.41, 5.74) is 2.59. The van der Waals surface area contributed by atoms with Crippen LogP contribution in [0.2, 0.25) is 0 Å². The van der Waals surface area contributed by atoms with Crippen molar-refractivity contribution in [1.82, 2.24) is 0 Å². The zero-order valence-electron chi connectivity index (χ0n) is 13.7. The Hall–Kier alpha value is -2.37. The van der Waals surface area contributed by atoms with E-state index in [1.165, 1.54) is 23.1 Å². The summed E-state index contributed by atoms with van der Waals surface area (Å²) in [6, 6.07) is 18.8. The zero-order valence-corrected chi connectivity index (χ0v) is 15.3. The minimum absolute atomic E-state index is 0.0954. The molecule has 0 unspecified atom stereocenters. The van der Waals surface area contributed by atoms with Crippen molar-refractivity contribution < 1.29 is 9.59 Å². The second-order valence-corrected chi connectivity index (χ2v) is 7.53. The summed E-state index contributed by atoms with van der Waals surface area (Å²) in [7, 11) is 0. The quantitative estimate of drug-likeness (QED) is 0.476. The van der Waals surface area contributed by atoms with Gasteiger partial charge in [-0.15, -0.1) is 23.1 Å². The first kappa shape index (κ1) is 17.5. The SMILES string of the molecule is Cc1ccc(C(=O)CSc2cccc(NC(=O)c3cccs3)c2)cc1. The van der Waals surface area contributed by atoms with Crippen LogP contribution in [-0.2, 0) is 0 Å². The van der Waals surface area contributed by atoms with Crippen LogP contribution in [0.4, 0.5) is 5.69 Å². The first-order valence-corrected chi connectivity index (χ1v) is 9.66. The lowest BCUT2D eigenvalue weighted by molar-refractivity contribution is 0.101. The normalized spacial score (nSPS) is 10.4. The summed E-state index contributed by atoms with van der Waals surface area (Å²) in [4.78, 5) is 26.0. The van der Waals surface area contributed by atoms with E-state index in [0.29, 0.717) is 10.6 Å². The van der Waals surface area contributed by atoms with Crippen molar-refractivity contribution in [2.45, 2.75) is 11.8 Å². The number of carbonyl (C=O) groups excluding carboxylic acids is 2. The molecule has 1 N–H and O–H groups in total. The molecule has 3 nitrogen and oxygen atoms in total. The van der Waals surface area contributed by atoms with Crippen molar-refractivity contribution in [3.05, 3.63) is 82.0 Å². The largest absolute Gasteiger partial charge is 0.321 e. The average molecular weight is 367 g/mol. The van der Waals surface area contributed by atoms with Gasteiger partial charge in [0.1, 0.15) is 0 Å². The fourth-order valence-corrected chi connectivity index (χ4v) is 3.70. The lowest BCUT2D eigenvalue weighted by Gasteiger charge is -2.07. The number of hydrogen-bond donors (Lipinski definition) is 1. The van der Waals surface area contributed by atoms with Crippen molar-refractivity contribution >= 4 is 40.5 Å². The first-order valence-electron chi connectivity index (χ1n) is 7.79. The lowest BCUT2D eigenvalue weighted by atomic mass is 10.1. The van der Waals surface area contributed by atoms with Gasteiger partial charge in [0.15, 0.2) is 5.78 Å². The van der Waals surface area contributed by atoms with Crippen LogP contribution in [0.3, 0.4) is 0 Å². The first-order chi connectivity index (χ1) is 12.1. The number of rotatable bonds is 6. The number of amides is 1. The number of thioether (sulfide) groups is 1. The maximum atomic E-state index is 12.3. The zero-order chi connectivity index (χ0) is 17.6. The highest BCUT2D eigenvalue weighted by Crippen LogP contribution is 2.23. The van der Waals surface area contributed by atoms with E-state index in [1.54, 1.807) is 6.07 Å². The van der Waals surface area contributed by atoms with E-state index in [-0.39, 0.29) is 11.7 Å². The molecule has 0 saturated carbocycles. The maximum absolute atomic E-state index is 12.3. The summed E-state index contributed by atoms with van der Waals surface area (Å²) in [6.07, 6.45) is 0. The Labute approximate surface area is 155 Å². The van der Waals surface area contributed by atoms with E-state index in [2.05, 4.69) is 5.32 Å². The summed E-state index contributed by atoms with van der Waals surface area (Å²) in [6.45, 7) is 2.00. The van der Waals surface area contributed by atoms with Crippen LogP contribution in [0.15, 0.2) is 70.9 Å². The van der Waals surface area contributed by atoms with Gasteiger partial charge in [0, 0.05) is 16.1 Å². The molecule has 5 heteroatoms. The van der Waals surface area contributed by atoms with Gasteiger partial charge >= 0.3 is 0 Å². The van der Waals surface area contributed by atoms with Gasteiger partial charge in [-0.1, -0.05) is 42.0 Å². The number of thiophene rings is 1. The van der Waals surface area contributed by atoms with Gasteiger partial charge in [-0.05, 0) is 36.6 Å². The molecular weight excluding hydrogens is 350 g/mol. The standard InChI is InChI=1S/C20H17NO2S2/c1-14-7-9-15(10-8-14)18(22)13-25-17-5-2-4-16(12-17)21-20(23)19-6-3-11-24-19/h2-12H,13H2,1H3,(H,21,23). The minimum Gasteiger partial charge on any atom is -0.321 e. The Morgan fingerprint density at radius 1 is 1.04 bits per heavy atom. The Kier molecular flexibility index (Phi) is 5.68. The molecule has 1 aromatic heterocycles. The van der Waals surface area contributed by atoms with Crippen LogP contribution in [0.1, 0.15) is 25.6 Å². The molecule has 25 heavy (non-hydrogen) atoms. The number of ketones is 1. The number of carbonyl (C=O) groups is 2. The molecule has 0 saturated heterocycles. The molecule has 126 valence electrons. The fourth-order valence-electron chi connectivity index (χ4n) is 2.24. The molecule has 0 atom stereocenters. The summed E-state index contributed by atoms with van der Waals surface area (Å²) in [5, 5.41) is 4.76. The van der Waals surface area contributed by atoms with Crippen LogP contribution in [-0.4, -0.2) is 17.4 Å². The second-order valence-electron chi connectivity index (χ2n) is 5.54. The van der Waals surface area contributed by atoms with Gasteiger partial charge in [0.05, 0.1) is 10.6 Å². The lowest BCUT2D eigenvalue weighted by Crippen LogP contribution is -2.10. The molecule has 0 aliphatic heterocycles. The molecule has 0 aliphatic rings. The molecule has 0 fully saturated rings.